The molecule has 0 aliphatic carbocycles. The van der Waals surface area contributed by atoms with Crippen molar-refractivity contribution in [3.63, 3.8) is 0 Å². The third-order valence-electron chi connectivity index (χ3n) is 5.95. The molecule has 0 spiro atoms. The Labute approximate surface area is 187 Å². The van der Waals surface area contributed by atoms with Crippen molar-refractivity contribution in [3.8, 4) is 0 Å². The highest BCUT2D eigenvalue weighted by atomic mass is 32.1. The molecule has 1 N–H and O–H groups in total. The number of unbranched alkanes of at least 4 members (excludes halogenated alkanes) is 1. The Morgan fingerprint density at radius 2 is 2.29 bits per heavy atom. The van der Waals surface area contributed by atoms with E-state index >= 15 is 0 Å². The van der Waals surface area contributed by atoms with Gasteiger partial charge in [-0.25, -0.2) is 4.98 Å². The number of hydrogen-bond acceptors (Lipinski definition) is 6. The standard InChI is InChI=1S/C23H32N4O3S/c1-23(9-6-12-30-23)16-24-14-17-7-8-18-19(13-17)27-15-20(31-22(27)25-18)21(28)26(2)10-4-5-11-29-3/h7-8,13,15,24H,4-6,9-12,14,16H2,1-3H3/t23-/m1/s1. The van der Waals surface area contributed by atoms with Gasteiger partial charge in [-0.15, -0.1) is 0 Å². The third kappa shape index (κ3) is 5.09. The second-order valence-electron chi connectivity index (χ2n) is 8.61. The summed E-state index contributed by atoms with van der Waals surface area (Å²) in [5.41, 5.74) is 3.14. The van der Waals surface area contributed by atoms with Crippen molar-refractivity contribution in [2.45, 2.75) is 44.8 Å². The highest BCUT2D eigenvalue weighted by Crippen LogP contribution is 2.26. The van der Waals surface area contributed by atoms with Crippen LogP contribution in [0.25, 0.3) is 16.0 Å². The lowest BCUT2D eigenvalue weighted by molar-refractivity contribution is 0.0207. The molecule has 1 saturated heterocycles. The van der Waals surface area contributed by atoms with E-state index in [1.807, 2.05) is 17.6 Å². The summed E-state index contributed by atoms with van der Waals surface area (Å²) in [7, 11) is 3.56. The van der Waals surface area contributed by atoms with E-state index in [1.54, 1.807) is 12.0 Å². The fourth-order valence-corrected chi connectivity index (χ4v) is 5.09. The molecular weight excluding hydrogens is 412 g/mol. The zero-order valence-electron chi connectivity index (χ0n) is 18.6. The first-order valence-electron chi connectivity index (χ1n) is 11.0. The van der Waals surface area contributed by atoms with Crippen molar-refractivity contribution < 1.29 is 14.3 Å². The maximum absolute atomic E-state index is 12.8. The molecule has 4 rings (SSSR count). The molecule has 2 aromatic heterocycles. The zero-order valence-corrected chi connectivity index (χ0v) is 19.5. The van der Waals surface area contributed by atoms with Gasteiger partial charge in [-0.2, -0.15) is 0 Å². The molecule has 1 aromatic carbocycles. The summed E-state index contributed by atoms with van der Waals surface area (Å²) in [5.74, 6) is 0.0451. The SMILES string of the molecule is COCCCCN(C)C(=O)c1cn2c(nc3ccc(CNC[C@@]4(C)CCCO4)cc32)s1. The summed E-state index contributed by atoms with van der Waals surface area (Å²) < 4.78 is 13.0. The molecule has 0 radical (unpaired) electrons. The number of methoxy groups -OCH3 is 1. The number of aromatic nitrogens is 2. The van der Waals surface area contributed by atoms with Crippen LogP contribution in [0.5, 0.6) is 0 Å². The van der Waals surface area contributed by atoms with E-state index in [2.05, 4.69) is 30.4 Å². The molecule has 0 unspecified atom stereocenters. The summed E-state index contributed by atoms with van der Waals surface area (Å²) in [4.78, 5) is 20.9. The van der Waals surface area contributed by atoms with Crippen LogP contribution >= 0.6 is 11.3 Å². The maximum atomic E-state index is 12.8. The van der Waals surface area contributed by atoms with Crippen LogP contribution in [0, 0.1) is 0 Å². The maximum Gasteiger partial charge on any atom is 0.265 e. The number of hydrogen-bond donors (Lipinski definition) is 1. The number of carbonyl (C=O) groups is 1. The van der Waals surface area contributed by atoms with Gasteiger partial charge in [-0.1, -0.05) is 17.4 Å². The van der Waals surface area contributed by atoms with Gasteiger partial charge in [0.1, 0.15) is 4.88 Å². The Kier molecular flexibility index (Phi) is 6.91. The largest absolute Gasteiger partial charge is 0.385 e. The smallest absolute Gasteiger partial charge is 0.265 e. The molecule has 168 valence electrons. The highest BCUT2D eigenvalue weighted by molar-refractivity contribution is 7.18. The molecule has 1 atom stereocenters. The number of nitrogens with one attached hydrogen (secondary N) is 1. The van der Waals surface area contributed by atoms with Crippen LogP contribution in [0.15, 0.2) is 24.4 Å². The first-order chi connectivity index (χ1) is 15.0. The summed E-state index contributed by atoms with van der Waals surface area (Å²) in [5, 5.41) is 3.53. The number of nitrogens with zero attached hydrogens (tertiary/aromatic N) is 3. The minimum Gasteiger partial charge on any atom is -0.385 e. The van der Waals surface area contributed by atoms with Crippen molar-refractivity contribution >= 4 is 33.2 Å². The molecule has 1 fully saturated rings. The van der Waals surface area contributed by atoms with Crippen molar-refractivity contribution in [3.05, 3.63) is 34.8 Å². The highest BCUT2D eigenvalue weighted by Gasteiger charge is 2.29. The monoisotopic (exact) mass is 444 g/mol. The van der Waals surface area contributed by atoms with E-state index in [0.717, 1.165) is 74.5 Å². The predicted molar refractivity (Wildman–Crippen MR) is 124 cm³/mol. The predicted octanol–water partition coefficient (Wildman–Crippen LogP) is 3.71. The van der Waals surface area contributed by atoms with Crippen LogP contribution in [0.3, 0.4) is 0 Å². The van der Waals surface area contributed by atoms with Gasteiger partial charge in [0.15, 0.2) is 4.96 Å². The number of fused-ring (bicyclic) bond motifs is 3. The van der Waals surface area contributed by atoms with E-state index in [0.29, 0.717) is 4.88 Å². The van der Waals surface area contributed by atoms with Crippen LogP contribution in [0.2, 0.25) is 0 Å². The molecule has 3 aromatic rings. The number of ether oxygens (including phenoxy) is 2. The number of benzene rings is 1. The normalized spacial score (nSPS) is 18.9. The fourth-order valence-electron chi connectivity index (χ4n) is 4.10. The van der Waals surface area contributed by atoms with Crippen molar-refractivity contribution in [2.24, 2.45) is 0 Å². The van der Waals surface area contributed by atoms with Gasteiger partial charge in [-0.05, 0) is 50.3 Å². The van der Waals surface area contributed by atoms with E-state index in [-0.39, 0.29) is 11.5 Å². The molecule has 7 nitrogen and oxygen atoms in total. The van der Waals surface area contributed by atoms with Crippen molar-refractivity contribution in [1.82, 2.24) is 19.6 Å². The average Bonchev–Trinajstić information content (AvgIpc) is 3.45. The minimum atomic E-state index is -0.0494. The van der Waals surface area contributed by atoms with Gasteiger partial charge >= 0.3 is 0 Å². The topological polar surface area (TPSA) is 68.1 Å². The van der Waals surface area contributed by atoms with Crippen LogP contribution in [-0.4, -0.2) is 66.3 Å². The van der Waals surface area contributed by atoms with Crippen molar-refractivity contribution in [2.75, 3.05) is 40.5 Å². The van der Waals surface area contributed by atoms with Crippen molar-refractivity contribution in [1.29, 1.82) is 0 Å². The average molecular weight is 445 g/mol. The Morgan fingerprint density at radius 1 is 1.42 bits per heavy atom. The van der Waals surface area contributed by atoms with E-state index in [4.69, 9.17) is 14.5 Å². The number of imidazole rings is 1. The van der Waals surface area contributed by atoms with Gasteiger partial charge < -0.3 is 19.7 Å². The number of amides is 1. The third-order valence-corrected chi connectivity index (χ3v) is 6.92. The lowest BCUT2D eigenvalue weighted by Crippen LogP contribution is -2.36. The fraction of sp³-hybridized carbons (Fsp3) is 0.565. The Morgan fingerprint density at radius 3 is 3.06 bits per heavy atom. The summed E-state index contributed by atoms with van der Waals surface area (Å²) in [6.45, 7) is 6.11. The minimum absolute atomic E-state index is 0.0451. The zero-order chi connectivity index (χ0) is 21.8. The second kappa shape index (κ2) is 9.65. The van der Waals surface area contributed by atoms with E-state index in [1.165, 1.54) is 16.9 Å². The molecule has 31 heavy (non-hydrogen) atoms. The molecule has 0 bridgehead atoms. The van der Waals surface area contributed by atoms with Gasteiger partial charge in [-0.3, -0.25) is 9.20 Å². The number of carbonyl (C=O) groups excluding carboxylic acids is 1. The Balaban J connectivity index is 1.44. The molecule has 1 aliphatic heterocycles. The van der Waals surface area contributed by atoms with Gasteiger partial charge in [0.2, 0.25) is 0 Å². The number of rotatable bonds is 10. The summed E-state index contributed by atoms with van der Waals surface area (Å²) in [6, 6.07) is 6.34. The van der Waals surface area contributed by atoms with Crippen LogP contribution in [0.1, 0.15) is 47.8 Å². The quantitative estimate of drug-likeness (QED) is 0.483. The van der Waals surface area contributed by atoms with E-state index < -0.39 is 0 Å². The lowest BCUT2D eigenvalue weighted by Gasteiger charge is -2.23. The first-order valence-corrected chi connectivity index (χ1v) is 11.8. The first kappa shape index (κ1) is 22.2. The van der Waals surface area contributed by atoms with Crippen LogP contribution < -0.4 is 5.32 Å². The van der Waals surface area contributed by atoms with Crippen LogP contribution in [-0.2, 0) is 16.0 Å². The van der Waals surface area contributed by atoms with Gasteiger partial charge in [0, 0.05) is 53.2 Å². The molecule has 1 amide bonds. The molecule has 0 saturated carbocycles. The summed E-state index contributed by atoms with van der Waals surface area (Å²) in [6.07, 6.45) is 6.05. The lowest BCUT2D eigenvalue weighted by atomic mass is 10.0. The molecule has 1 aliphatic rings. The second-order valence-corrected chi connectivity index (χ2v) is 9.62. The number of thiazole rings is 1. The van der Waals surface area contributed by atoms with Gasteiger partial charge in [0.25, 0.3) is 5.91 Å². The Hall–Kier alpha value is -2.00. The molecular formula is C23H32N4O3S. The Bertz CT molecular complexity index is 1040. The van der Waals surface area contributed by atoms with Gasteiger partial charge in [0.05, 0.1) is 16.6 Å². The van der Waals surface area contributed by atoms with Crippen LogP contribution in [0.4, 0.5) is 0 Å². The molecule has 8 heteroatoms. The molecule has 3 heterocycles. The van der Waals surface area contributed by atoms with E-state index in [9.17, 15) is 4.79 Å². The summed E-state index contributed by atoms with van der Waals surface area (Å²) >= 11 is 1.45.